The van der Waals surface area contributed by atoms with Crippen molar-refractivity contribution in [3.63, 3.8) is 0 Å². The maximum Gasteiger partial charge on any atom is 0.347 e. The van der Waals surface area contributed by atoms with Gasteiger partial charge in [0.2, 0.25) is 0 Å². The topological polar surface area (TPSA) is 49.7 Å². The number of aromatic nitrogens is 1. The van der Waals surface area contributed by atoms with Gasteiger partial charge in [0.05, 0.1) is 18.9 Å². The van der Waals surface area contributed by atoms with Crippen molar-refractivity contribution in [1.82, 2.24) is 4.57 Å². The zero-order chi connectivity index (χ0) is 28.2. The van der Waals surface area contributed by atoms with Crippen molar-refractivity contribution in [3.05, 3.63) is 102 Å². The van der Waals surface area contributed by atoms with Crippen LogP contribution < -0.4 is 9.47 Å². The normalized spacial score (nSPS) is 11.7. The molecule has 40 heavy (non-hydrogen) atoms. The summed E-state index contributed by atoms with van der Waals surface area (Å²) in [6.45, 7) is 7.22. The van der Waals surface area contributed by atoms with Gasteiger partial charge in [0.15, 0.2) is 6.10 Å². The lowest BCUT2D eigenvalue weighted by atomic mass is 10.1. The summed E-state index contributed by atoms with van der Waals surface area (Å²) in [7, 11) is 0. The van der Waals surface area contributed by atoms with Crippen molar-refractivity contribution in [2.24, 2.45) is 0 Å². The molecule has 5 nitrogen and oxygen atoms in total. The van der Waals surface area contributed by atoms with Gasteiger partial charge in [0.1, 0.15) is 11.5 Å². The molecule has 0 aliphatic carbocycles. The number of esters is 1. The molecule has 4 rings (SSSR count). The van der Waals surface area contributed by atoms with Gasteiger partial charge >= 0.3 is 5.97 Å². The molecule has 0 saturated carbocycles. The molecule has 1 atom stereocenters. The average molecular weight is 540 g/mol. The Morgan fingerprint density at radius 1 is 0.775 bits per heavy atom. The predicted molar refractivity (Wildman–Crippen MR) is 161 cm³/mol. The first kappa shape index (κ1) is 29.0. The van der Waals surface area contributed by atoms with Crippen LogP contribution in [-0.2, 0) is 16.0 Å². The minimum atomic E-state index is -0.712. The van der Waals surface area contributed by atoms with Crippen molar-refractivity contribution < 1.29 is 19.0 Å². The Balaban J connectivity index is 1.44. The number of hydrogen-bond donors (Lipinski definition) is 0. The Kier molecular flexibility index (Phi) is 10.9. The molecule has 0 saturated heterocycles. The second kappa shape index (κ2) is 15.0. The fourth-order valence-corrected chi connectivity index (χ4v) is 4.80. The third-order valence-corrected chi connectivity index (χ3v) is 6.93. The lowest BCUT2D eigenvalue weighted by Crippen LogP contribution is -2.31. The number of benzene rings is 3. The number of nitrogens with zero attached hydrogens (tertiary/aromatic N) is 1. The van der Waals surface area contributed by atoms with E-state index < -0.39 is 6.10 Å². The van der Waals surface area contributed by atoms with Crippen LogP contribution in [0.15, 0.2) is 91.0 Å². The van der Waals surface area contributed by atoms with E-state index >= 15 is 0 Å². The summed E-state index contributed by atoms with van der Waals surface area (Å²) in [6, 6.07) is 30.3. The summed E-state index contributed by atoms with van der Waals surface area (Å²) in [4.78, 5) is 12.6. The molecule has 210 valence electrons. The van der Waals surface area contributed by atoms with E-state index in [1.54, 1.807) is 6.92 Å². The highest BCUT2D eigenvalue weighted by molar-refractivity contribution is 5.75. The van der Waals surface area contributed by atoms with E-state index in [0.717, 1.165) is 47.0 Å². The molecule has 1 aromatic heterocycles. The number of carbonyl (C=O) groups excluding carboxylic acids is 1. The summed E-state index contributed by atoms with van der Waals surface area (Å²) in [5.41, 5.74) is 5.39. The minimum Gasteiger partial charge on any atom is -0.494 e. The first-order valence-corrected chi connectivity index (χ1v) is 14.5. The Morgan fingerprint density at radius 3 is 2.17 bits per heavy atom. The molecule has 0 bridgehead atoms. The molecule has 0 aliphatic heterocycles. The van der Waals surface area contributed by atoms with E-state index in [-0.39, 0.29) is 5.97 Å². The van der Waals surface area contributed by atoms with Crippen LogP contribution in [0.25, 0.3) is 16.9 Å². The van der Waals surface area contributed by atoms with E-state index in [9.17, 15) is 4.79 Å². The first-order valence-electron chi connectivity index (χ1n) is 14.5. The summed E-state index contributed by atoms with van der Waals surface area (Å²) in [6.07, 6.45) is 5.88. The van der Waals surface area contributed by atoms with E-state index in [4.69, 9.17) is 14.2 Å². The van der Waals surface area contributed by atoms with Gasteiger partial charge in [-0.05, 0) is 92.1 Å². The molecule has 0 aliphatic rings. The van der Waals surface area contributed by atoms with Gasteiger partial charge in [-0.25, -0.2) is 4.79 Å². The molecule has 1 heterocycles. The molecule has 0 radical (unpaired) electrons. The van der Waals surface area contributed by atoms with E-state index in [1.807, 2.05) is 66.7 Å². The third-order valence-electron chi connectivity index (χ3n) is 6.93. The van der Waals surface area contributed by atoms with Crippen LogP contribution in [0.4, 0.5) is 0 Å². The van der Waals surface area contributed by atoms with Crippen molar-refractivity contribution in [2.75, 3.05) is 13.2 Å². The lowest BCUT2D eigenvalue weighted by molar-refractivity contribution is -0.151. The number of rotatable bonds is 15. The third kappa shape index (κ3) is 8.01. The summed E-state index contributed by atoms with van der Waals surface area (Å²) >= 11 is 0. The molecule has 3 aromatic carbocycles. The highest BCUT2D eigenvalue weighted by Crippen LogP contribution is 2.29. The van der Waals surface area contributed by atoms with Gasteiger partial charge in [-0.15, -0.1) is 0 Å². The maximum absolute atomic E-state index is 12.6. The number of ether oxygens (including phenoxy) is 3. The zero-order valence-corrected chi connectivity index (χ0v) is 24.0. The molecule has 0 unspecified atom stereocenters. The Hall–Kier alpha value is -3.99. The quantitative estimate of drug-likeness (QED) is 0.112. The minimum absolute atomic E-state index is 0.314. The molecule has 4 aromatic rings. The second-order valence-electron chi connectivity index (χ2n) is 10.0. The van der Waals surface area contributed by atoms with Crippen molar-refractivity contribution in [2.45, 2.75) is 65.4 Å². The molecular weight excluding hydrogens is 498 g/mol. The number of unbranched alkanes of at least 4 members (excludes halogenated alkanes) is 4. The fourth-order valence-electron chi connectivity index (χ4n) is 4.80. The fraction of sp³-hybridized carbons (Fsp3) is 0.343. The molecule has 0 fully saturated rings. The van der Waals surface area contributed by atoms with Crippen LogP contribution in [0.1, 0.15) is 57.2 Å². The summed E-state index contributed by atoms with van der Waals surface area (Å²) < 4.78 is 19.6. The van der Waals surface area contributed by atoms with Crippen LogP contribution >= 0.6 is 0 Å². The number of aryl methyl sites for hydroxylation is 1. The average Bonchev–Trinajstić information content (AvgIpc) is 3.37. The van der Waals surface area contributed by atoms with Gasteiger partial charge < -0.3 is 18.8 Å². The van der Waals surface area contributed by atoms with E-state index in [1.165, 1.54) is 25.7 Å². The molecule has 5 heteroatoms. The van der Waals surface area contributed by atoms with Gasteiger partial charge in [-0.1, -0.05) is 62.9 Å². The summed E-state index contributed by atoms with van der Waals surface area (Å²) in [5, 5.41) is 0. The first-order chi connectivity index (χ1) is 19.6. The van der Waals surface area contributed by atoms with Crippen molar-refractivity contribution >= 4 is 5.97 Å². The highest BCUT2D eigenvalue weighted by Gasteiger charge is 2.22. The largest absolute Gasteiger partial charge is 0.494 e. The smallest absolute Gasteiger partial charge is 0.347 e. The van der Waals surface area contributed by atoms with E-state index in [0.29, 0.717) is 18.8 Å². The number of hydrogen-bond acceptors (Lipinski definition) is 4. The Bertz CT molecular complexity index is 1310. The molecular formula is C35H41NO4. The highest BCUT2D eigenvalue weighted by atomic mass is 16.6. The van der Waals surface area contributed by atoms with Crippen LogP contribution in [0.5, 0.6) is 11.5 Å². The van der Waals surface area contributed by atoms with E-state index in [2.05, 4.69) is 42.7 Å². The van der Waals surface area contributed by atoms with Crippen LogP contribution in [0.2, 0.25) is 0 Å². The van der Waals surface area contributed by atoms with Crippen LogP contribution in [0, 0.1) is 6.92 Å². The zero-order valence-electron chi connectivity index (χ0n) is 24.0. The Labute approximate surface area is 238 Å². The van der Waals surface area contributed by atoms with Crippen LogP contribution in [-0.4, -0.2) is 29.9 Å². The van der Waals surface area contributed by atoms with Gasteiger partial charge in [-0.2, -0.15) is 0 Å². The van der Waals surface area contributed by atoms with Crippen LogP contribution in [0.3, 0.4) is 0 Å². The number of carbonyl (C=O) groups is 1. The predicted octanol–water partition coefficient (Wildman–Crippen LogP) is 8.36. The van der Waals surface area contributed by atoms with Gasteiger partial charge in [-0.3, -0.25) is 0 Å². The molecule has 0 spiro atoms. The van der Waals surface area contributed by atoms with Crippen molar-refractivity contribution in [1.29, 1.82) is 0 Å². The Morgan fingerprint density at radius 2 is 1.48 bits per heavy atom. The lowest BCUT2D eigenvalue weighted by Gasteiger charge is -2.18. The van der Waals surface area contributed by atoms with Gasteiger partial charge in [0.25, 0.3) is 0 Å². The standard InChI is InChI=1S/C35H41NO4/c1-4-6-7-8-12-25-39-31-22-18-30(19-23-31)36-27(3)15-24-33(36)29-16-20-32(21-17-29)40-34(35(37)38-5-2)26-28-13-10-9-11-14-28/h9-11,13-24,34H,4-8,12,25-26H2,1-3H3/t34-/m1/s1. The van der Waals surface area contributed by atoms with Gasteiger partial charge in [0, 0.05) is 17.8 Å². The summed E-state index contributed by atoms with van der Waals surface area (Å²) in [5.74, 6) is 1.17. The SMILES string of the molecule is CCCCCCCOc1ccc(-n2c(C)ccc2-c2ccc(O[C@H](Cc3ccccc3)C(=O)OCC)cc2)cc1. The monoisotopic (exact) mass is 539 g/mol. The van der Waals surface area contributed by atoms with Crippen molar-refractivity contribution in [3.8, 4) is 28.4 Å². The molecule has 0 amide bonds. The maximum atomic E-state index is 12.6. The molecule has 0 N–H and O–H groups in total. The second-order valence-corrected chi connectivity index (χ2v) is 10.0.